The van der Waals surface area contributed by atoms with E-state index in [0.717, 1.165) is 18.4 Å². The molecule has 0 unspecified atom stereocenters. The second-order valence-electron chi connectivity index (χ2n) is 5.59. The molecule has 1 rings (SSSR count). The van der Waals surface area contributed by atoms with Crippen LogP contribution in [0.4, 0.5) is 0 Å². The largest absolute Gasteiger partial charge is 0.329 e. The Morgan fingerprint density at radius 1 is 1.29 bits per heavy atom. The summed E-state index contributed by atoms with van der Waals surface area (Å²) in [6, 6.07) is 0. The van der Waals surface area contributed by atoms with Gasteiger partial charge in [-0.25, -0.2) is 0 Å². The van der Waals surface area contributed by atoms with E-state index in [-0.39, 0.29) is 5.54 Å². The molecule has 2 heteroatoms. The van der Waals surface area contributed by atoms with E-state index >= 15 is 0 Å². The Morgan fingerprint density at radius 3 is 2.14 bits per heavy atom. The molecular formula is C12H26N2. The van der Waals surface area contributed by atoms with Crippen molar-refractivity contribution in [3.05, 3.63) is 0 Å². The van der Waals surface area contributed by atoms with E-state index in [1.165, 1.54) is 25.9 Å². The topological polar surface area (TPSA) is 29.3 Å². The van der Waals surface area contributed by atoms with Crippen molar-refractivity contribution in [1.82, 2.24) is 4.90 Å². The second kappa shape index (κ2) is 4.63. The van der Waals surface area contributed by atoms with Crippen LogP contribution in [0.3, 0.4) is 0 Å². The molecule has 0 aromatic heterocycles. The number of rotatable bonds is 3. The molecular weight excluding hydrogens is 172 g/mol. The van der Waals surface area contributed by atoms with Gasteiger partial charge in [-0.1, -0.05) is 13.8 Å². The minimum absolute atomic E-state index is 0.196. The highest BCUT2D eigenvalue weighted by Crippen LogP contribution is 2.27. The fourth-order valence-corrected chi connectivity index (χ4v) is 2.30. The summed E-state index contributed by atoms with van der Waals surface area (Å²) < 4.78 is 0. The number of piperidine rings is 1. The van der Waals surface area contributed by atoms with Gasteiger partial charge in [0.25, 0.3) is 0 Å². The van der Waals surface area contributed by atoms with Crippen molar-refractivity contribution in [3.8, 4) is 0 Å². The first-order valence-electron chi connectivity index (χ1n) is 5.92. The van der Waals surface area contributed by atoms with Crippen molar-refractivity contribution in [2.45, 2.75) is 46.1 Å². The number of hydrogen-bond donors (Lipinski definition) is 1. The number of nitrogens with zero attached hydrogens (tertiary/aromatic N) is 1. The van der Waals surface area contributed by atoms with Crippen LogP contribution >= 0.6 is 0 Å². The average molecular weight is 198 g/mol. The minimum Gasteiger partial charge on any atom is -0.329 e. The van der Waals surface area contributed by atoms with Gasteiger partial charge in [0.2, 0.25) is 0 Å². The Morgan fingerprint density at radius 2 is 1.79 bits per heavy atom. The first-order valence-corrected chi connectivity index (χ1v) is 5.92. The molecule has 0 atom stereocenters. The summed E-state index contributed by atoms with van der Waals surface area (Å²) in [7, 11) is 0. The zero-order chi connectivity index (χ0) is 10.8. The van der Waals surface area contributed by atoms with Crippen molar-refractivity contribution in [2.24, 2.45) is 17.6 Å². The highest BCUT2D eigenvalue weighted by Gasteiger charge is 2.30. The Hall–Kier alpha value is -0.0800. The van der Waals surface area contributed by atoms with Gasteiger partial charge in [0, 0.05) is 12.1 Å². The van der Waals surface area contributed by atoms with E-state index in [2.05, 4.69) is 32.6 Å². The summed E-state index contributed by atoms with van der Waals surface area (Å²) in [4.78, 5) is 2.55. The second-order valence-corrected chi connectivity index (χ2v) is 5.59. The van der Waals surface area contributed by atoms with Crippen molar-refractivity contribution >= 4 is 0 Å². The summed E-state index contributed by atoms with van der Waals surface area (Å²) in [6.07, 6.45) is 2.70. The zero-order valence-corrected chi connectivity index (χ0v) is 10.2. The van der Waals surface area contributed by atoms with Gasteiger partial charge in [-0.15, -0.1) is 0 Å². The van der Waals surface area contributed by atoms with Gasteiger partial charge in [0.15, 0.2) is 0 Å². The van der Waals surface area contributed by atoms with Crippen LogP contribution in [-0.2, 0) is 0 Å². The summed E-state index contributed by atoms with van der Waals surface area (Å²) in [5.41, 5.74) is 5.99. The standard InChI is InChI=1S/C12H26N2/c1-10(2)11-5-7-14(8-6-11)12(3,4)9-13/h10-11H,5-9,13H2,1-4H3. The Balaban J connectivity index is 2.43. The fraction of sp³-hybridized carbons (Fsp3) is 1.00. The molecule has 1 aliphatic heterocycles. The molecule has 0 aromatic carbocycles. The molecule has 0 amide bonds. The van der Waals surface area contributed by atoms with Crippen LogP contribution in [0.15, 0.2) is 0 Å². The Bertz CT molecular complexity index is 167. The van der Waals surface area contributed by atoms with Gasteiger partial charge < -0.3 is 5.73 Å². The zero-order valence-electron chi connectivity index (χ0n) is 10.2. The van der Waals surface area contributed by atoms with Gasteiger partial charge in [-0.2, -0.15) is 0 Å². The molecule has 2 N–H and O–H groups in total. The smallest absolute Gasteiger partial charge is 0.0275 e. The molecule has 1 aliphatic rings. The van der Waals surface area contributed by atoms with Gasteiger partial charge in [-0.05, 0) is 51.6 Å². The molecule has 0 saturated carbocycles. The van der Waals surface area contributed by atoms with Gasteiger partial charge in [0.05, 0.1) is 0 Å². The highest BCUT2D eigenvalue weighted by molar-refractivity contribution is 4.86. The summed E-state index contributed by atoms with van der Waals surface area (Å²) >= 11 is 0. The maximum absolute atomic E-state index is 5.79. The van der Waals surface area contributed by atoms with Crippen LogP contribution in [0.2, 0.25) is 0 Å². The fourth-order valence-electron chi connectivity index (χ4n) is 2.30. The maximum atomic E-state index is 5.79. The highest BCUT2D eigenvalue weighted by atomic mass is 15.2. The van der Waals surface area contributed by atoms with E-state index in [4.69, 9.17) is 5.73 Å². The van der Waals surface area contributed by atoms with Crippen molar-refractivity contribution in [2.75, 3.05) is 19.6 Å². The molecule has 1 heterocycles. The summed E-state index contributed by atoms with van der Waals surface area (Å²) in [6.45, 7) is 12.4. The van der Waals surface area contributed by atoms with Crippen LogP contribution in [0.1, 0.15) is 40.5 Å². The van der Waals surface area contributed by atoms with Crippen LogP contribution in [-0.4, -0.2) is 30.1 Å². The molecule has 1 fully saturated rings. The SMILES string of the molecule is CC(C)C1CCN(C(C)(C)CN)CC1. The van der Waals surface area contributed by atoms with Gasteiger partial charge in [0.1, 0.15) is 0 Å². The third-order valence-electron chi connectivity index (χ3n) is 3.84. The Labute approximate surface area is 88.8 Å². The lowest BCUT2D eigenvalue weighted by atomic mass is 9.85. The van der Waals surface area contributed by atoms with Crippen LogP contribution in [0, 0.1) is 11.8 Å². The number of nitrogens with two attached hydrogens (primary N) is 1. The molecule has 1 saturated heterocycles. The van der Waals surface area contributed by atoms with E-state index in [1.54, 1.807) is 0 Å². The lowest BCUT2D eigenvalue weighted by Crippen LogP contribution is -2.52. The lowest BCUT2D eigenvalue weighted by molar-refractivity contribution is 0.0691. The van der Waals surface area contributed by atoms with E-state index in [0.29, 0.717) is 0 Å². The van der Waals surface area contributed by atoms with Crippen molar-refractivity contribution < 1.29 is 0 Å². The first kappa shape index (κ1) is 12.0. The van der Waals surface area contributed by atoms with Gasteiger partial charge >= 0.3 is 0 Å². The van der Waals surface area contributed by atoms with E-state index in [1.807, 2.05) is 0 Å². The van der Waals surface area contributed by atoms with Crippen LogP contribution in [0.5, 0.6) is 0 Å². The predicted molar refractivity (Wildman–Crippen MR) is 62.3 cm³/mol. The molecule has 0 aromatic rings. The molecule has 2 nitrogen and oxygen atoms in total. The third-order valence-corrected chi connectivity index (χ3v) is 3.84. The molecule has 14 heavy (non-hydrogen) atoms. The minimum atomic E-state index is 0.196. The Kier molecular flexibility index (Phi) is 3.96. The molecule has 0 aliphatic carbocycles. The maximum Gasteiger partial charge on any atom is 0.0275 e. The summed E-state index contributed by atoms with van der Waals surface area (Å²) in [5.74, 6) is 1.78. The van der Waals surface area contributed by atoms with Crippen molar-refractivity contribution in [1.29, 1.82) is 0 Å². The van der Waals surface area contributed by atoms with E-state index in [9.17, 15) is 0 Å². The summed E-state index contributed by atoms with van der Waals surface area (Å²) in [5, 5.41) is 0. The van der Waals surface area contributed by atoms with Crippen LogP contribution < -0.4 is 5.73 Å². The lowest BCUT2D eigenvalue weighted by Gasteiger charge is -2.43. The molecule has 0 spiro atoms. The van der Waals surface area contributed by atoms with Crippen LogP contribution in [0.25, 0.3) is 0 Å². The normalized spacial score (nSPS) is 21.9. The van der Waals surface area contributed by atoms with Gasteiger partial charge in [-0.3, -0.25) is 4.90 Å². The molecule has 84 valence electrons. The quantitative estimate of drug-likeness (QED) is 0.752. The number of likely N-dealkylation sites (tertiary alicyclic amines) is 1. The third kappa shape index (κ3) is 2.71. The van der Waals surface area contributed by atoms with Crippen molar-refractivity contribution in [3.63, 3.8) is 0 Å². The monoisotopic (exact) mass is 198 g/mol. The average Bonchev–Trinajstić information content (AvgIpc) is 2.18. The molecule has 0 radical (unpaired) electrons. The predicted octanol–water partition coefficient (Wildman–Crippen LogP) is 2.09. The number of hydrogen-bond acceptors (Lipinski definition) is 2. The first-order chi connectivity index (χ1) is 6.47. The van der Waals surface area contributed by atoms with E-state index < -0.39 is 0 Å². The molecule has 0 bridgehead atoms.